The minimum atomic E-state index is -0.522. The van der Waals surface area contributed by atoms with Crippen LogP contribution in [0.25, 0.3) is 11.3 Å². The lowest BCUT2D eigenvalue weighted by atomic mass is 9.90. The van der Waals surface area contributed by atoms with Crippen LogP contribution in [0.4, 0.5) is 10.8 Å². The normalized spacial score (nSPS) is 14.8. The first kappa shape index (κ1) is 20.9. The number of thiazole rings is 1. The maximum absolute atomic E-state index is 13.3. The third-order valence-corrected chi connectivity index (χ3v) is 6.23. The molecule has 2 heterocycles. The molecule has 7 heteroatoms. The van der Waals surface area contributed by atoms with Gasteiger partial charge in [-0.05, 0) is 36.2 Å². The fraction of sp³-hybridized carbons (Fsp3) is 0.115. The van der Waals surface area contributed by atoms with Crippen molar-refractivity contribution in [2.24, 2.45) is 0 Å². The van der Waals surface area contributed by atoms with Gasteiger partial charge in [0.15, 0.2) is 11.2 Å². The quantitative estimate of drug-likeness (QED) is 0.428. The number of amides is 2. The van der Waals surface area contributed by atoms with E-state index in [1.807, 2.05) is 84.2 Å². The van der Waals surface area contributed by atoms with Crippen LogP contribution in [-0.4, -0.2) is 22.9 Å². The molecule has 1 aliphatic rings. The Labute approximate surface area is 195 Å². The summed E-state index contributed by atoms with van der Waals surface area (Å²) in [6, 6.07) is 24.9. The number of fused-ring (bicyclic) bond motifs is 1. The Morgan fingerprint density at radius 2 is 1.70 bits per heavy atom. The Kier molecular flexibility index (Phi) is 5.62. The smallest absolute Gasteiger partial charge is 0.265 e. The number of nitrogens with zero attached hydrogens (tertiary/aromatic N) is 1. The molecule has 0 saturated carbocycles. The van der Waals surface area contributed by atoms with Gasteiger partial charge in [0.1, 0.15) is 5.75 Å². The molecular formula is C26H21N3O3S. The number of benzene rings is 3. The molecule has 0 saturated heterocycles. The van der Waals surface area contributed by atoms with Crippen LogP contribution in [0.3, 0.4) is 0 Å². The summed E-state index contributed by atoms with van der Waals surface area (Å²) in [6.45, 7) is 1.71. The number of carbonyl (C=O) groups excluding carboxylic acids is 2. The molecule has 0 radical (unpaired) electrons. The van der Waals surface area contributed by atoms with Crippen molar-refractivity contribution < 1.29 is 14.3 Å². The third-order valence-electron chi connectivity index (χ3n) is 5.47. The second-order valence-corrected chi connectivity index (χ2v) is 8.60. The van der Waals surface area contributed by atoms with E-state index in [-0.39, 0.29) is 11.8 Å². The van der Waals surface area contributed by atoms with Crippen LogP contribution in [0.15, 0.2) is 84.2 Å². The summed E-state index contributed by atoms with van der Waals surface area (Å²) in [4.78, 5) is 29.8. The Balaban J connectivity index is 1.39. The number of ether oxygens (including phenoxy) is 1. The molecule has 0 aliphatic carbocycles. The zero-order chi connectivity index (χ0) is 22.8. The predicted molar refractivity (Wildman–Crippen MR) is 130 cm³/mol. The summed E-state index contributed by atoms with van der Waals surface area (Å²) in [5, 5.41) is 8.22. The minimum Gasteiger partial charge on any atom is -0.479 e. The van der Waals surface area contributed by atoms with Gasteiger partial charge in [-0.25, -0.2) is 4.98 Å². The molecule has 0 bridgehead atoms. The molecule has 0 spiro atoms. The van der Waals surface area contributed by atoms with Gasteiger partial charge in [0, 0.05) is 10.9 Å². The van der Waals surface area contributed by atoms with Gasteiger partial charge in [0.25, 0.3) is 5.91 Å². The van der Waals surface area contributed by atoms with E-state index in [0.29, 0.717) is 22.3 Å². The average Bonchev–Trinajstić information content (AvgIpc) is 3.29. The molecule has 5 rings (SSSR count). The molecule has 0 fully saturated rings. The van der Waals surface area contributed by atoms with E-state index in [0.717, 1.165) is 16.7 Å². The highest BCUT2D eigenvalue weighted by molar-refractivity contribution is 7.14. The van der Waals surface area contributed by atoms with Crippen LogP contribution >= 0.6 is 11.3 Å². The highest BCUT2D eigenvalue weighted by atomic mass is 32.1. The van der Waals surface area contributed by atoms with Crippen LogP contribution in [0.5, 0.6) is 5.75 Å². The van der Waals surface area contributed by atoms with E-state index in [1.165, 1.54) is 11.3 Å². The number of rotatable bonds is 5. The molecule has 4 aromatic rings. The summed E-state index contributed by atoms with van der Waals surface area (Å²) in [6.07, 6.45) is -0.522. The summed E-state index contributed by atoms with van der Waals surface area (Å²) in [5.41, 5.74) is 3.98. The van der Waals surface area contributed by atoms with Gasteiger partial charge in [-0.1, -0.05) is 60.7 Å². The standard InChI is InChI=1S/C26H21N3O3S/c1-16-24(30)27-20-14-19(12-13-22(20)32-16)21-15-33-26(28-21)29-25(31)23(17-8-4-2-5-9-17)18-10-6-3-7-11-18/h2-16,23H,1H3,(H,27,30)(H,28,29,31)/t16-/m1/s1. The van der Waals surface area contributed by atoms with Crippen molar-refractivity contribution in [3.63, 3.8) is 0 Å². The molecule has 2 N–H and O–H groups in total. The Morgan fingerprint density at radius 1 is 1.03 bits per heavy atom. The Bertz CT molecular complexity index is 1270. The van der Waals surface area contributed by atoms with Gasteiger partial charge in [-0.3, -0.25) is 9.59 Å². The third kappa shape index (κ3) is 4.36. The van der Waals surface area contributed by atoms with Crippen molar-refractivity contribution in [1.29, 1.82) is 0 Å². The van der Waals surface area contributed by atoms with Crippen molar-refractivity contribution in [3.05, 3.63) is 95.4 Å². The van der Waals surface area contributed by atoms with Gasteiger partial charge >= 0.3 is 0 Å². The van der Waals surface area contributed by atoms with Crippen LogP contribution in [0.2, 0.25) is 0 Å². The zero-order valence-corrected chi connectivity index (χ0v) is 18.6. The first-order chi connectivity index (χ1) is 16.1. The van der Waals surface area contributed by atoms with Crippen LogP contribution < -0.4 is 15.4 Å². The lowest BCUT2D eigenvalue weighted by molar-refractivity contribution is -0.122. The van der Waals surface area contributed by atoms with Crippen molar-refractivity contribution in [2.45, 2.75) is 18.9 Å². The van der Waals surface area contributed by atoms with Crippen LogP contribution in [-0.2, 0) is 9.59 Å². The summed E-state index contributed by atoms with van der Waals surface area (Å²) >= 11 is 1.36. The molecular weight excluding hydrogens is 434 g/mol. The number of hydrogen-bond acceptors (Lipinski definition) is 5. The van der Waals surface area contributed by atoms with Crippen molar-refractivity contribution >= 4 is 34.0 Å². The second-order valence-electron chi connectivity index (χ2n) is 7.74. The largest absolute Gasteiger partial charge is 0.479 e. The number of hydrogen-bond donors (Lipinski definition) is 2. The number of carbonyl (C=O) groups is 2. The summed E-state index contributed by atoms with van der Waals surface area (Å²) in [5.74, 6) is -0.145. The van der Waals surface area contributed by atoms with Crippen molar-refractivity contribution in [3.8, 4) is 17.0 Å². The van der Waals surface area contributed by atoms with E-state index in [2.05, 4.69) is 15.6 Å². The lowest BCUT2D eigenvalue weighted by Crippen LogP contribution is -2.34. The average molecular weight is 456 g/mol. The molecule has 164 valence electrons. The number of aromatic nitrogens is 1. The highest BCUT2D eigenvalue weighted by Crippen LogP contribution is 2.35. The maximum atomic E-state index is 13.3. The first-order valence-corrected chi connectivity index (χ1v) is 11.4. The molecule has 0 unspecified atom stereocenters. The number of nitrogens with one attached hydrogen (secondary N) is 2. The van der Waals surface area contributed by atoms with Crippen molar-refractivity contribution in [1.82, 2.24) is 4.98 Å². The molecule has 2 amide bonds. The molecule has 33 heavy (non-hydrogen) atoms. The van der Waals surface area contributed by atoms with Gasteiger partial charge in [-0.15, -0.1) is 11.3 Å². The van der Waals surface area contributed by atoms with E-state index in [4.69, 9.17) is 4.74 Å². The second kappa shape index (κ2) is 8.88. The number of anilines is 2. The molecule has 6 nitrogen and oxygen atoms in total. The van der Waals surface area contributed by atoms with Gasteiger partial charge < -0.3 is 15.4 Å². The fourth-order valence-corrected chi connectivity index (χ4v) is 4.52. The highest BCUT2D eigenvalue weighted by Gasteiger charge is 2.25. The van der Waals surface area contributed by atoms with Crippen LogP contribution in [0.1, 0.15) is 24.0 Å². The monoisotopic (exact) mass is 455 g/mol. The molecule has 3 aromatic carbocycles. The zero-order valence-electron chi connectivity index (χ0n) is 17.8. The summed E-state index contributed by atoms with van der Waals surface area (Å²) in [7, 11) is 0. The van der Waals surface area contributed by atoms with E-state index < -0.39 is 12.0 Å². The lowest BCUT2D eigenvalue weighted by Gasteiger charge is -2.23. The Morgan fingerprint density at radius 3 is 2.36 bits per heavy atom. The predicted octanol–water partition coefficient (Wildman–Crippen LogP) is 5.30. The van der Waals surface area contributed by atoms with E-state index in [9.17, 15) is 9.59 Å². The van der Waals surface area contributed by atoms with Crippen molar-refractivity contribution in [2.75, 3.05) is 10.6 Å². The fourth-order valence-electron chi connectivity index (χ4n) is 3.80. The first-order valence-electron chi connectivity index (χ1n) is 10.6. The molecule has 1 aromatic heterocycles. The minimum absolute atomic E-state index is 0.145. The van der Waals surface area contributed by atoms with Gasteiger partial charge in [0.2, 0.25) is 5.91 Å². The topological polar surface area (TPSA) is 80.3 Å². The van der Waals surface area contributed by atoms with Crippen LogP contribution in [0, 0.1) is 0 Å². The summed E-state index contributed by atoms with van der Waals surface area (Å²) < 4.78 is 5.62. The maximum Gasteiger partial charge on any atom is 0.265 e. The van der Waals surface area contributed by atoms with Gasteiger partial charge in [-0.2, -0.15) is 0 Å². The molecule has 1 atom stereocenters. The van der Waals surface area contributed by atoms with Gasteiger partial charge in [0.05, 0.1) is 17.3 Å². The van der Waals surface area contributed by atoms with E-state index >= 15 is 0 Å². The molecule has 1 aliphatic heterocycles. The van der Waals surface area contributed by atoms with E-state index in [1.54, 1.807) is 6.92 Å². The SMILES string of the molecule is C[C@H]1Oc2ccc(-c3csc(NC(=O)C(c4ccccc4)c4ccccc4)n3)cc2NC1=O. The Hall–Kier alpha value is -3.97.